The third-order valence-corrected chi connectivity index (χ3v) is 8.63. The molecule has 3 heterocycles. The maximum absolute atomic E-state index is 13.6. The lowest BCUT2D eigenvalue weighted by atomic mass is 10.0. The Hall–Kier alpha value is -2.84. The van der Waals surface area contributed by atoms with Crippen molar-refractivity contribution in [3.8, 4) is 22.5 Å². The molecule has 0 atom stereocenters. The highest BCUT2D eigenvalue weighted by molar-refractivity contribution is 6.76. The molecule has 3 aromatic heterocycles. The minimum absolute atomic E-state index is 0.145. The van der Waals surface area contributed by atoms with Gasteiger partial charge in [0.15, 0.2) is 5.76 Å². The van der Waals surface area contributed by atoms with E-state index in [0.717, 1.165) is 33.5 Å². The number of hydrogen-bond acceptors (Lipinski definition) is 4. The van der Waals surface area contributed by atoms with Gasteiger partial charge in [0, 0.05) is 60.3 Å². The van der Waals surface area contributed by atoms with Crippen molar-refractivity contribution in [3.63, 3.8) is 0 Å². The highest BCUT2D eigenvalue weighted by Gasteiger charge is 2.20. The van der Waals surface area contributed by atoms with Crippen LogP contribution in [-0.2, 0) is 18.5 Å². The van der Waals surface area contributed by atoms with E-state index in [9.17, 15) is 4.79 Å². The van der Waals surface area contributed by atoms with Gasteiger partial charge in [-0.2, -0.15) is 0 Å². The van der Waals surface area contributed by atoms with Crippen LogP contribution in [0.5, 0.6) is 0 Å². The molecule has 0 amide bonds. The Morgan fingerprint density at radius 3 is 2.50 bits per heavy atom. The lowest BCUT2D eigenvalue weighted by Gasteiger charge is -2.17. The molecular weight excluding hydrogens is 513 g/mol. The molecule has 0 bridgehead atoms. The molecular formula is C27H27Cl2N3O3Si. The van der Waals surface area contributed by atoms with Gasteiger partial charge in [0.05, 0.1) is 16.7 Å². The zero-order chi connectivity index (χ0) is 25.6. The summed E-state index contributed by atoms with van der Waals surface area (Å²) in [6.45, 7) is 8.01. The molecule has 0 aliphatic carbocycles. The molecule has 0 saturated heterocycles. The first kappa shape index (κ1) is 24.8. The molecule has 5 rings (SSSR count). The summed E-state index contributed by atoms with van der Waals surface area (Å²) in [4.78, 5) is 13.6. The number of benzene rings is 2. The summed E-state index contributed by atoms with van der Waals surface area (Å²) >= 11 is 12.6. The van der Waals surface area contributed by atoms with E-state index in [1.807, 2.05) is 24.3 Å². The van der Waals surface area contributed by atoms with E-state index in [4.69, 9.17) is 32.5 Å². The maximum Gasteiger partial charge on any atom is 0.259 e. The number of nitrogens with zero attached hydrogens (tertiary/aromatic N) is 3. The number of halogens is 2. The van der Waals surface area contributed by atoms with Crippen molar-refractivity contribution in [2.24, 2.45) is 7.05 Å². The van der Waals surface area contributed by atoms with Gasteiger partial charge in [0.25, 0.3) is 5.56 Å². The number of ether oxygens (including phenoxy) is 1. The van der Waals surface area contributed by atoms with E-state index < -0.39 is 8.07 Å². The summed E-state index contributed by atoms with van der Waals surface area (Å²) in [7, 11) is 0.558. The van der Waals surface area contributed by atoms with Crippen molar-refractivity contribution in [1.29, 1.82) is 0 Å². The minimum atomic E-state index is -1.23. The van der Waals surface area contributed by atoms with E-state index in [1.165, 1.54) is 0 Å². The molecule has 0 aliphatic rings. The second kappa shape index (κ2) is 9.56. The number of aromatic nitrogens is 3. The number of fused-ring (bicyclic) bond motifs is 3. The molecule has 0 fully saturated rings. The minimum Gasteiger partial charge on any atom is -0.361 e. The van der Waals surface area contributed by atoms with Crippen LogP contribution in [0, 0.1) is 0 Å². The Kier molecular flexibility index (Phi) is 6.59. The van der Waals surface area contributed by atoms with Crippen LogP contribution in [-0.4, -0.2) is 29.0 Å². The second-order valence-corrected chi connectivity index (χ2v) is 16.6. The summed E-state index contributed by atoms with van der Waals surface area (Å²) in [5.74, 6) is 0.676. The Balaban J connectivity index is 1.72. The largest absolute Gasteiger partial charge is 0.361 e. The number of aryl methyl sites for hydroxylation is 1. The lowest BCUT2D eigenvalue weighted by molar-refractivity contribution is 0.0922. The first-order chi connectivity index (χ1) is 17.1. The van der Waals surface area contributed by atoms with Crippen LogP contribution in [0.25, 0.3) is 44.4 Å². The van der Waals surface area contributed by atoms with Gasteiger partial charge in [-0.05, 0) is 42.4 Å². The number of hydrogen-bond donors (Lipinski definition) is 0. The van der Waals surface area contributed by atoms with E-state index in [-0.39, 0.29) is 5.56 Å². The van der Waals surface area contributed by atoms with Crippen LogP contribution in [0.2, 0.25) is 35.7 Å². The van der Waals surface area contributed by atoms with Crippen molar-refractivity contribution in [2.45, 2.75) is 32.4 Å². The van der Waals surface area contributed by atoms with E-state index in [2.05, 4.69) is 35.4 Å². The van der Waals surface area contributed by atoms with Crippen molar-refractivity contribution in [1.82, 2.24) is 14.3 Å². The summed E-state index contributed by atoms with van der Waals surface area (Å²) in [5, 5.41) is 6.69. The third-order valence-electron chi connectivity index (χ3n) is 6.38. The third kappa shape index (κ3) is 4.64. The van der Waals surface area contributed by atoms with Crippen LogP contribution in [0.15, 0.2) is 64.0 Å². The normalized spacial score (nSPS) is 12.2. The maximum atomic E-state index is 13.6. The number of pyridine rings is 1. The van der Waals surface area contributed by atoms with Crippen LogP contribution >= 0.6 is 23.2 Å². The molecule has 2 aromatic carbocycles. The van der Waals surface area contributed by atoms with Crippen molar-refractivity contribution >= 4 is 53.2 Å². The first-order valence-electron chi connectivity index (χ1n) is 11.7. The fourth-order valence-electron chi connectivity index (χ4n) is 4.44. The Bertz CT molecular complexity index is 1630. The van der Waals surface area contributed by atoms with Gasteiger partial charge in [0.2, 0.25) is 0 Å². The predicted octanol–water partition coefficient (Wildman–Crippen LogP) is 7.43. The van der Waals surface area contributed by atoms with Gasteiger partial charge in [0.1, 0.15) is 12.4 Å². The van der Waals surface area contributed by atoms with Crippen molar-refractivity contribution < 1.29 is 9.26 Å². The molecule has 186 valence electrons. The predicted molar refractivity (Wildman–Crippen MR) is 150 cm³/mol. The number of rotatable bonds is 7. The van der Waals surface area contributed by atoms with Gasteiger partial charge in [-0.15, -0.1) is 0 Å². The molecule has 0 spiro atoms. The Morgan fingerprint density at radius 1 is 1.00 bits per heavy atom. The molecule has 6 nitrogen and oxygen atoms in total. The molecule has 0 N–H and O–H groups in total. The van der Waals surface area contributed by atoms with E-state index in [1.54, 1.807) is 36.0 Å². The topological polar surface area (TPSA) is 62.2 Å². The van der Waals surface area contributed by atoms with Crippen LogP contribution in [0.3, 0.4) is 0 Å². The Labute approximate surface area is 220 Å². The summed E-state index contributed by atoms with van der Waals surface area (Å²) < 4.78 is 15.3. The lowest BCUT2D eigenvalue weighted by Crippen LogP contribution is -2.23. The van der Waals surface area contributed by atoms with E-state index >= 15 is 0 Å². The van der Waals surface area contributed by atoms with Crippen LogP contribution < -0.4 is 5.56 Å². The summed E-state index contributed by atoms with van der Waals surface area (Å²) in [5.41, 5.74) is 3.66. The van der Waals surface area contributed by atoms with Crippen LogP contribution in [0.4, 0.5) is 0 Å². The monoisotopic (exact) mass is 539 g/mol. The quantitative estimate of drug-likeness (QED) is 0.159. The smallest absolute Gasteiger partial charge is 0.259 e. The van der Waals surface area contributed by atoms with E-state index in [0.29, 0.717) is 40.3 Å². The van der Waals surface area contributed by atoms with Gasteiger partial charge in [-0.1, -0.05) is 54.1 Å². The summed E-state index contributed by atoms with van der Waals surface area (Å²) in [6.07, 6.45) is 1.62. The fourth-order valence-corrected chi connectivity index (χ4v) is 5.70. The standard InChI is InChI=1S/C27H27Cl2N3O3Si/c1-31-26-21(15-22(27(31)33)19-7-6-18(28)14-23(19)29)20-13-17(25-9-10-30-35-25)5-8-24(20)32(26)16-34-11-12-36(2,3)4/h5-10,13-15H,11-12,16H2,1-4H3. The first-order valence-corrected chi connectivity index (χ1v) is 16.2. The highest BCUT2D eigenvalue weighted by Crippen LogP contribution is 2.35. The van der Waals surface area contributed by atoms with Crippen molar-refractivity contribution in [3.05, 3.63) is 75.1 Å². The zero-order valence-corrected chi connectivity index (χ0v) is 23.2. The molecule has 0 radical (unpaired) electrons. The molecule has 36 heavy (non-hydrogen) atoms. The molecule has 0 aliphatic heterocycles. The van der Waals surface area contributed by atoms with Crippen molar-refractivity contribution in [2.75, 3.05) is 6.61 Å². The molecule has 0 saturated carbocycles. The average molecular weight is 541 g/mol. The highest BCUT2D eigenvalue weighted by atomic mass is 35.5. The summed E-state index contributed by atoms with van der Waals surface area (Å²) in [6, 6.07) is 16.1. The van der Waals surface area contributed by atoms with Crippen LogP contribution in [0.1, 0.15) is 0 Å². The van der Waals surface area contributed by atoms with Gasteiger partial charge < -0.3 is 13.8 Å². The SMILES string of the molecule is Cn1c(=O)c(-c2ccc(Cl)cc2Cl)cc2c3cc(-c4ccno4)ccc3n(COCC[Si](C)(C)C)c21. The molecule has 9 heteroatoms. The average Bonchev–Trinajstić information content (AvgIpc) is 3.45. The fraction of sp³-hybridized carbons (Fsp3) is 0.259. The Morgan fingerprint density at radius 2 is 1.81 bits per heavy atom. The zero-order valence-electron chi connectivity index (χ0n) is 20.6. The van der Waals surface area contributed by atoms with Gasteiger partial charge in [-0.25, -0.2) is 0 Å². The second-order valence-electron chi connectivity index (χ2n) is 10.2. The molecule has 0 unspecified atom stereocenters. The van der Waals surface area contributed by atoms with Gasteiger partial charge >= 0.3 is 0 Å². The molecule has 5 aromatic rings. The van der Waals surface area contributed by atoms with Gasteiger partial charge in [-0.3, -0.25) is 9.36 Å².